The molecule has 0 aliphatic carbocycles. The zero-order valence-electron chi connectivity index (χ0n) is 12.4. The highest BCUT2D eigenvalue weighted by Gasteiger charge is 2.16. The number of hydrazone groups is 1. The second-order valence-corrected chi connectivity index (χ2v) is 7.12. The van der Waals surface area contributed by atoms with E-state index in [0.29, 0.717) is 0 Å². The van der Waals surface area contributed by atoms with Gasteiger partial charge in [0.2, 0.25) is 0 Å². The summed E-state index contributed by atoms with van der Waals surface area (Å²) in [6.45, 7) is 0.783. The summed E-state index contributed by atoms with van der Waals surface area (Å²) in [7, 11) is 0. The number of benzene rings is 1. The maximum absolute atomic E-state index is 5.85. The van der Waals surface area contributed by atoms with Gasteiger partial charge in [0.25, 0.3) is 0 Å². The lowest BCUT2D eigenvalue weighted by molar-refractivity contribution is 0.603. The zero-order valence-corrected chi connectivity index (χ0v) is 14.0. The topological polar surface area (TPSA) is 49.9 Å². The van der Waals surface area contributed by atoms with Gasteiger partial charge >= 0.3 is 0 Å². The third-order valence-corrected chi connectivity index (χ3v) is 5.38. The van der Waals surface area contributed by atoms with Gasteiger partial charge in [-0.05, 0) is 23.6 Å². The van der Waals surface area contributed by atoms with Crippen LogP contribution in [0.15, 0.2) is 62.4 Å². The van der Waals surface area contributed by atoms with Crippen LogP contribution in [0.1, 0.15) is 10.6 Å². The summed E-state index contributed by atoms with van der Waals surface area (Å²) in [6.07, 6.45) is 0.976. The normalized spacial score (nSPS) is 16.5. The summed E-state index contributed by atoms with van der Waals surface area (Å²) in [6, 6.07) is 14.3. The molecule has 3 aromatic rings. The number of nitrogens with one attached hydrogen (secondary N) is 1. The van der Waals surface area contributed by atoms with Crippen LogP contribution in [0, 0.1) is 0 Å². The SMILES string of the molecule is c1csc(CCN=C2NN=C(c3cc4ccccc4o3)CS2)c1. The van der Waals surface area contributed by atoms with E-state index in [-0.39, 0.29) is 0 Å². The maximum Gasteiger partial charge on any atom is 0.177 e. The van der Waals surface area contributed by atoms with Gasteiger partial charge in [0.1, 0.15) is 11.3 Å². The molecule has 0 fully saturated rings. The largest absolute Gasteiger partial charge is 0.455 e. The monoisotopic (exact) mass is 341 g/mol. The first-order valence-corrected chi connectivity index (χ1v) is 9.26. The lowest BCUT2D eigenvalue weighted by Crippen LogP contribution is -2.25. The van der Waals surface area contributed by atoms with E-state index < -0.39 is 0 Å². The molecule has 1 aliphatic heterocycles. The molecule has 0 atom stereocenters. The molecule has 0 unspecified atom stereocenters. The van der Waals surface area contributed by atoms with Gasteiger partial charge in [-0.15, -0.1) is 11.3 Å². The van der Waals surface area contributed by atoms with Crippen molar-refractivity contribution in [2.45, 2.75) is 6.42 Å². The number of nitrogens with zero attached hydrogens (tertiary/aromatic N) is 2. The molecule has 0 bridgehead atoms. The number of thioether (sulfide) groups is 1. The zero-order chi connectivity index (χ0) is 15.5. The number of amidine groups is 1. The van der Waals surface area contributed by atoms with E-state index in [1.54, 1.807) is 23.1 Å². The van der Waals surface area contributed by atoms with E-state index in [1.165, 1.54) is 4.88 Å². The Balaban J connectivity index is 1.42. The molecule has 0 radical (unpaired) electrons. The average Bonchev–Trinajstić information content (AvgIpc) is 3.24. The van der Waals surface area contributed by atoms with E-state index in [9.17, 15) is 0 Å². The molecule has 2 aromatic heterocycles. The number of fused-ring (bicyclic) bond motifs is 1. The Kier molecular flexibility index (Phi) is 4.17. The third-order valence-electron chi connectivity index (χ3n) is 3.54. The predicted octanol–water partition coefficient (Wildman–Crippen LogP) is 4.13. The van der Waals surface area contributed by atoms with Crippen LogP contribution in [0.25, 0.3) is 11.0 Å². The fraction of sp³-hybridized carbons (Fsp3) is 0.176. The van der Waals surface area contributed by atoms with Crippen molar-refractivity contribution < 1.29 is 4.42 Å². The fourth-order valence-electron chi connectivity index (χ4n) is 2.37. The van der Waals surface area contributed by atoms with E-state index in [1.807, 2.05) is 30.3 Å². The van der Waals surface area contributed by atoms with Crippen molar-refractivity contribution in [1.29, 1.82) is 0 Å². The number of thiophene rings is 1. The van der Waals surface area contributed by atoms with Crippen molar-refractivity contribution in [1.82, 2.24) is 5.43 Å². The first kappa shape index (κ1) is 14.5. The number of hydrogen-bond acceptors (Lipinski definition) is 5. The Hall–Kier alpha value is -2.05. The minimum absolute atomic E-state index is 0.769. The van der Waals surface area contributed by atoms with Gasteiger partial charge in [0.15, 0.2) is 10.9 Å². The molecule has 0 amide bonds. The Bertz CT molecular complexity index is 832. The Morgan fingerprint density at radius 1 is 1.22 bits per heavy atom. The molecular formula is C17H15N3OS2. The van der Waals surface area contributed by atoms with E-state index in [2.05, 4.69) is 33.0 Å². The van der Waals surface area contributed by atoms with Crippen LogP contribution < -0.4 is 5.43 Å². The van der Waals surface area contributed by atoms with Crippen LogP contribution >= 0.6 is 23.1 Å². The van der Waals surface area contributed by atoms with Gasteiger partial charge in [-0.25, -0.2) is 0 Å². The molecule has 0 saturated heterocycles. The standard InChI is InChI=1S/C17H15N3OS2/c1-2-6-15-12(4-1)10-16(21-15)14-11-23-17(20-19-14)18-8-7-13-5-3-9-22-13/h1-6,9-10H,7-8,11H2,(H,18,20). The second kappa shape index (κ2) is 6.60. The van der Waals surface area contributed by atoms with Crippen LogP contribution in [0.5, 0.6) is 0 Å². The van der Waals surface area contributed by atoms with Gasteiger partial charge in [-0.1, -0.05) is 36.0 Å². The van der Waals surface area contributed by atoms with Crippen molar-refractivity contribution in [3.05, 3.63) is 58.5 Å². The first-order valence-electron chi connectivity index (χ1n) is 7.40. The van der Waals surface area contributed by atoms with Crippen molar-refractivity contribution in [3.63, 3.8) is 0 Å². The molecular weight excluding hydrogens is 326 g/mol. The van der Waals surface area contributed by atoms with Gasteiger partial charge in [0, 0.05) is 29.0 Å². The van der Waals surface area contributed by atoms with Crippen LogP contribution in [0.3, 0.4) is 0 Å². The summed E-state index contributed by atoms with van der Waals surface area (Å²) >= 11 is 3.44. The van der Waals surface area contributed by atoms with Crippen LogP contribution in [0.2, 0.25) is 0 Å². The number of rotatable bonds is 4. The predicted molar refractivity (Wildman–Crippen MR) is 98.7 cm³/mol. The molecule has 0 spiro atoms. The molecule has 0 saturated carbocycles. The van der Waals surface area contributed by atoms with Gasteiger partial charge in [-0.3, -0.25) is 10.4 Å². The minimum Gasteiger partial charge on any atom is -0.455 e. The Labute approximate surface area is 142 Å². The van der Waals surface area contributed by atoms with E-state index in [0.717, 1.165) is 46.3 Å². The lowest BCUT2D eigenvalue weighted by Gasteiger charge is -2.12. The molecule has 23 heavy (non-hydrogen) atoms. The lowest BCUT2D eigenvalue weighted by atomic mass is 10.2. The Morgan fingerprint density at radius 3 is 2.96 bits per heavy atom. The van der Waals surface area contributed by atoms with Crippen LogP contribution in [-0.4, -0.2) is 23.2 Å². The number of para-hydroxylation sites is 1. The quantitative estimate of drug-likeness (QED) is 0.776. The van der Waals surface area contributed by atoms with Crippen LogP contribution in [0.4, 0.5) is 0 Å². The minimum atomic E-state index is 0.769. The molecule has 3 heterocycles. The van der Waals surface area contributed by atoms with Crippen molar-refractivity contribution in [2.75, 3.05) is 12.3 Å². The van der Waals surface area contributed by atoms with Crippen molar-refractivity contribution in [2.24, 2.45) is 10.1 Å². The summed E-state index contributed by atoms with van der Waals surface area (Å²) in [5.41, 5.74) is 4.85. The molecule has 1 aliphatic rings. The fourth-order valence-corrected chi connectivity index (χ4v) is 3.84. The smallest absolute Gasteiger partial charge is 0.177 e. The molecule has 1 N–H and O–H groups in total. The molecule has 4 nitrogen and oxygen atoms in total. The number of furan rings is 1. The summed E-state index contributed by atoms with van der Waals surface area (Å²) in [5.74, 6) is 1.59. The highest BCUT2D eigenvalue weighted by molar-refractivity contribution is 8.14. The van der Waals surface area contributed by atoms with Crippen LogP contribution in [-0.2, 0) is 6.42 Å². The average molecular weight is 341 g/mol. The van der Waals surface area contributed by atoms with E-state index in [4.69, 9.17) is 4.42 Å². The molecule has 116 valence electrons. The van der Waals surface area contributed by atoms with Gasteiger partial charge in [0.05, 0.1) is 0 Å². The second-order valence-electron chi connectivity index (χ2n) is 5.12. The van der Waals surface area contributed by atoms with Gasteiger partial charge in [-0.2, -0.15) is 5.10 Å². The summed E-state index contributed by atoms with van der Waals surface area (Å²) in [5, 5.41) is 8.49. The first-order chi connectivity index (χ1) is 11.4. The van der Waals surface area contributed by atoms with Crippen molar-refractivity contribution in [3.8, 4) is 0 Å². The van der Waals surface area contributed by atoms with Gasteiger partial charge < -0.3 is 4.42 Å². The number of hydrogen-bond donors (Lipinski definition) is 1. The summed E-state index contributed by atoms with van der Waals surface area (Å²) < 4.78 is 5.85. The highest BCUT2D eigenvalue weighted by atomic mass is 32.2. The number of aliphatic imine (C=N–C) groups is 1. The summed E-state index contributed by atoms with van der Waals surface area (Å²) in [4.78, 5) is 5.93. The third kappa shape index (κ3) is 3.33. The van der Waals surface area contributed by atoms with Crippen molar-refractivity contribution >= 4 is 44.9 Å². The van der Waals surface area contributed by atoms with E-state index >= 15 is 0 Å². The molecule has 4 rings (SSSR count). The Morgan fingerprint density at radius 2 is 2.17 bits per heavy atom. The highest BCUT2D eigenvalue weighted by Crippen LogP contribution is 2.22. The maximum atomic E-state index is 5.85. The molecule has 1 aromatic carbocycles. The molecule has 6 heteroatoms.